The van der Waals surface area contributed by atoms with Crippen LogP contribution in [0.4, 0.5) is 0 Å². The minimum atomic E-state index is -0.651. The van der Waals surface area contributed by atoms with Crippen molar-refractivity contribution in [2.45, 2.75) is 6.92 Å². The van der Waals surface area contributed by atoms with Gasteiger partial charge in [0.2, 0.25) is 11.4 Å². The molecule has 0 aliphatic rings. The summed E-state index contributed by atoms with van der Waals surface area (Å²) >= 11 is 0. The second kappa shape index (κ2) is 9.69. The molecule has 0 aliphatic heterocycles. The number of carbonyl (C=O) groups is 1. The number of benzene rings is 3. The molecule has 0 amide bonds. The van der Waals surface area contributed by atoms with Gasteiger partial charge in [-0.05, 0) is 42.3 Å². The Kier molecular flexibility index (Phi) is 6.35. The van der Waals surface area contributed by atoms with E-state index in [0.717, 1.165) is 33.6 Å². The fourth-order valence-electron chi connectivity index (χ4n) is 3.66. The smallest absolute Gasteiger partial charge is 0.411 e. The van der Waals surface area contributed by atoms with Crippen LogP contribution in [0.1, 0.15) is 6.92 Å². The van der Waals surface area contributed by atoms with Crippen LogP contribution >= 0.6 is 0 Å². The minimum absolute atomic E-state index is 0.0795. The summed E-state index contributed by atoms with van der Waals surface area (Å²) in [5.74, 6) is 1.44. The topological polar surface area (TPSA) is 52.5 Å². The molecule has 0 aliphatic carbocycles. The molecule has 0 fully saturated rings. The SMILES string of the molecule is CCOC(=O)C(=C=[N-])[n+]1c(-c2ccccc2)cc(-c2ccccc2)cc1-c1ccccc1. The third-order valence-electron chi connectivity index (χ3n) is 5.11. The van der Waals surface area contributed by atoms with Crippen LogP contribution < -0.4 is 4.57 Å². The number of nitrogens with zero attached hydrogens (tertiary/aromatic N) is 2. The van der Waals surface area contributed by atoms with E-state index in [2.05, 4.69) is 5.87 Å². The Morgan fingerprint density at radius 2 is 1.19 bits per heavy atom. The van der Waals surface area contributed by atoms with Gasteiger partial charge in [0.1, 0.15) is 0 Å². The van der Waals surface area contributed by atoms with Gasteiger partial charge in [0.05, 0.1) is 6.61 Å². The van der Waals surface area contributed by atoms with Crippen LogP contribution in [0.3, 0.4) is 0 Å². The van der Waals surface area contributed by atoms with E-state index in [1.165, 1.54) is 0 Å². The molecule has 0 saturated heterocycles. The summed E-state index contributed by atoms with van der Waals surface area (Å²) in [6.45, 7) is 1.92. The van der Waals surface area contributed by atoms with Gasteiger partial charge in [0.15, 0.2) is 0 Å². The Hall–Kier alpha value is -4.27. The first kappa shape index (κ1) is 21.0. The molecule has 32 heavy (non-hydrogen) atoms. The van der Waals surface area contributed by atoms with Gasteiger partial charge in [0, 0.05) is 23.3 Å². The van der Waals surface area contributed by atoms with E-state index >= 15 is 0 Å². The first-order valence-electron chi connectivity index (χ1n) is 10.4. The van der Waals surface area contributed by atoms with Crippen molar-refractivity contribution in [1.82, 2.24) is 0 Å². The highest BCUT2D eigenvalue weighted by Crippen LogP contribution is 2.30. The van der Waals surface area contributed by atoms with Crippen molar-refractivity contribution in [2.75, 3.05) is 6.61 Å². The largest absolute Gasteiger partial charge is 0.757 e. The average molecular weight is 418 g/mol. The predicted octanol–water partition coefficient (Wildman–Crippen LogP) is 5.62. The van der Waals surface area contributed by atoms with Gasteiger partial charge in [-0.15, -0.1) is 4.57 Å². The van der Waals surface area contributed by atoms with E-state index in [1.54, 1.807) is 11.5 Å². The van der Waals surface area contributed by atoms with Crippen LogP contribution in [-0.4, -0.2) is 18.4 Å². The fraction of sp³-hybridized carbons (Fsp3) is 0.0714. The molecule has 0 spiro atoms. The van der Waals surface area contributed by atoms with Crippen LogP contribution in [0, 0.1) is 0 Å². The molecule has 4 nitrogen and oxygen atoms in total. The number of hydrogen-bond donors (Lipinski definition) is 0. The predicted molar refractivity (Wildman–Crippen MR) is 128 cm³/mol. The third-order valence-corrected chi connectivity index (χ3v) is 5.11. The maximum Gasteiger partial charge on any atom is 0.411 e. The molecule has 0 atom stereocenters. The zero-order chi connectivity index (χ0) is 22.3. The van der Waals surface area contributed by atoms with Crippen molar-refractivity contribution < 1.29 is 14.1 Å². The van der Waals surface area contributed by atoms with Crippen LogP contribution in [0.25, 0.3) is 44.7 Å². The summed E-state index contributed by atoms with van der Waals surface area (Å²) in [4.78, 5) is 12.8. The normalized spacial score (nSPS) is 10.3. The maximum atomic E-state index is 12.8. The summed E-state index contributed by atoms with van der Waals surface area (Å²) in [6, 6.07) is 33.6. The van der Waals surface area contributed by atoms with Crippen LogP contribution in [0.2, 0.25) is 0 Å². The van der Waals surface area contributed by atoms with Gasteiger partial charge in [-0.1, -0.05) is 66.7 Å². The molecule has 0 bridgehead atoms. The van der Waals surface area contributed by atoms with E-state index in [4.69, 9.17) is 4.74 Å². The Bertz CT molecular complexity index is 1220. The molecule has 4 rings (SSSR count). The number of ether oxygens (including phenoxy) is 1. The van der Waals surface area contributed by atoms with E-state index in [-0.39, 0.29) is 12.3 Å². The molecular weight excluding hydrogens is 396 g/mol. The second-order valence-corrected chi connectivity index (χ2v) is 7.13. The minimum Gasteiger partial charge on any atom is -0.757 e. The van der Waals surface area contributed by atoms with E-state index < -0.39 is 5.97 Å². The zero-order valence-electron chi connectivity index (χ0n) is 17.7. The molecule has 1 heterocycles. The molecule has 0 saturated carbocycles. The number of rotatable bonds is 6. The highest BCUT2D eigenvalue weighted by molar-refractivity contribution is 6.17. The van der Waals surface area contributed by atoms with Gasteiger partial charge in [-0.3, -0.25) is 0 Å². The van der Waals surface area contributed by atoms with E-state index in [9.17, 15) is 10.2 Å². The van der Waals surface area contributed by atoms with Crippen molar-refractivity contribution in [3.63, 3.8) is 0 Å². The highest BCUT2D eigenvalue weighted by Gasteiger charge is 2.30. The number of pyridine rings is 1. The Morgan fingerprint density at radius 3 is 1.59 bits per heavy atom. The summed E-state index contributed by atoms with van der Waals surface area (Å²) in [5.41, 5.74) is 5.19. The second-order valence-electron chi connectivity index (χ2n) is 7.13. The van der Waals surface area contributed by atoms with E-state index in [1.807, 2.05) is 103 Å². The Balaban J connectivity index is 2.10. The fourth-order valence-corrected chi connectivity index (χ4v) is 3.66. The van der Waals surface area contributed by atoms with Gasteiger partial charge in [-0.25, -0.2) is 4.79 Å². The van der Waals surface area contributed by atoms with E-state index in [0.29, 0.717) is 0 Å². The van der Waals surface area contributed by atoms with Gasteiger partial charge >= 0.3 is 11.7 Å². The first-order valence-corrected chi connectivity index (χ1v) is 10.4. The first-order chi connectivity index (χ1) is 15.7. The van der Waals surface area contributed by atoms with Crippen molar-refractivity contribution in [3.05, 3.63) is 109 Å². The highest BCUT2D eigenvalue weighted by atomic mass is 16.5. The molecule has 0 unspecified atom stereocenters. The Labute approximate surface area is 187 Å². The molecule has 0 radical (unpaired) electrons. The lowest BCUT2D eigenvalue weighted by molar-refractivity contribution is -0.552. The van der Waals surface area contributed by atoms with Gasteiger partial charge < -0.3 is 10.1 Å². The zero-order valence-corrected chi connectivity index (χ0v) is 17.7. The molecule has 3 aromatic carbocycles. The number of hydrogen-bond acceptors (Lipinski definition) is 2. The summed E-state index contributed by atoms with van der Waals surface area (Å²) < 4.78 is 6.93. The van der Waals surface area contributed by atoms with Crippen molar-refractivity contribution in [1.29, 1.82) is 0 Å². The molecule has 1 aromatic heterocycles. The maximum absolute atomic E-state index is 12.8. The summed E-state index contributed by atoms with van der Waals surface area (Å²) in [5, 5.41) is 10.00. The number of esters is 1. The lowest BCUT2D eigenvalue weighted by Crippen LogP contribution is -2.42. The monoisotopic (exact) mass is 418 g/mol. The molecule has 156 valence electrons. The number of aromatic nitrogens is 1. The van der Waals surface area contributed by atoms with Crippen LogP contribution in [0.5, 0.6) is 0 Å². The van der Waals surface area contributed by atoms with Crippen LogP contribution in [-0.2, 0) is 9.53 Å². The molecule has 4 aromatic rings. The average Bonchev–Trinajstić information content (AvgIpc) is 2.86. The van der Waals surface area contributed by atoms with Crippen molar-refractivity contribution in [2.24, 2.45) is 0 Å². The van der Waals surface area contributed by atoms with Crippen LogP contribution in [0.15, 0.2) is 103 Å². The van der Waals surface area contributed by atoms with Crippen molar-refractivity contribution in [3.8, 4) is 33.6 Å². The summed E-state index contributed by atoms with van der Waals surface area (Å²) in [7, 11) is 0. The molecule has 4 heteroatoms. The Morgan fingerprint density at radius 1 is 0.750 bits per heavy atom. The lowest BCUT2D eigenvalue weighted by atomic mass is 9.98. The van der Waals surface area contributed by atoms with Gasteiger partial charge in [-0.2, -0.15) is 5.87 Å². The molecular formula is C28H22N2O2. The molecule has 0 N–H and O–H groups in total. The van der Waals surface area contributed by atoms with Gasteiger partial charge in [0.25, 0.3) is 0 Å². The van der Waals surface area contributed by atoms with Crippen molar-refractivity contribution >= 4 is 17.5 Å². The third kappa shape index (κ3) is 4.27. The number of carbonyl (C=O) groups excluding carboxylic acids is 1. The summed E-state index contributed by atoms with van der Waals surface area (Å²) in [6.07, 6.45) is 0. The standard InChI is InChI=1S/C28H22N2O2/c1-2-32-28(31)27(20-29)30-25(22-14-8-4-9-15-22)18-24(21-12-6-3-7-13-21)19-26(30)23-16-10-5-11-17-23/h3-19H,2H2,1H3. The lowest BCUT2D eigenvalue weighted by Gasteiger charge is -2.13. The quantitative estimate of drug-likeness (QED) is 0.177.